The molecular formula is C36H33N. The van der Waals surface area contributed by atoms with Crippen LogP contribution in [0, 0.1) is 11.8 Å². The molecule has 9 rings (SSSR count). The second kappa shape index (κ2) is 7.71. The maximum Gasteiger partial charge on any atom is 0.0541 e. The lowest BCUT2D eigenvalue weighted by atomic mass is 9.41. The average molecular weight is 480 g/mol. The Morgan fingerprint density at radius 2 is 1.27 bits per heavy atom. The molecule has 2 unspecified atom stereocenters. The van der Waals surface area contributed by atoms with Crippen molar-refractivity contribution in [3.63, 3.8) is 0 Å². The first-order valence-corrected chi connectivity index (χ1v) is 14.0. The highest BCUT2D eigenvalue weighted by Crippen LogP contribution is 2.66. The molecule has 182 valence electrons. The standard InChI is InChI=1S/C36H33N/c1-2-25-12-14-28(15-13-25)35-20-26-18-27(21-35)23-36(22-26,24-35)29-16-17-34-32(19-29)31-10-6-7-11-33(31)37(34)30-8-4-3-5-9-30/h2-17,19,26-27H,1,18,20-24H2. The van der Waals surface area contributed by atoms with Crippen LogP contribution in [0.25, 0.3) is 33.6 Å². The Labute approximate surface area is 219 Å². The second-order valence-electron chi connectivity index (χ2n) is 12.3. The fourth-order valence-corrected chi connectivity index (χ4v) is 9.07. The van der Waals surface area contributed by atoms with Gasteiger partial charge < -0.3 is 4.57 Å². The predicted octanol–water partition coefficient (Wildman–Crippen LogP) is 9.22. The molecule has 0 N–H and O–H groups in total. The van der Waals surface area contributed by atoms with E-state index in [9.17, 15) is 0 Å². The Morgan fingerprint density at radius 1 is 0.649 bits per heavy atom. The van der Waals surface area contributed by atoms with E-state index in [0.29, 0.717) is 10.8 Å². The second-order valence-corrected chi connectivity index (χ2v) is 12.3. The third-order valence-electron chi connectivity index (χ3n) is 10.1. The van der Waals surface area contributed by atoms with Gasteiger partial charge in [-0.25, -0.2) is 0 Å². The Morgan fingerprint density at radius 3 is 2.00 bits per heavy atom. The predicted molar refractivity (Wildman–Crippen MR) is 155 cm³/mol. The number of hydrogen-bond acceptors (Lipinski definition) is 0. The van der Waals surface area contributed by atoms with Crippen molar-refractivity contribution in [2.45, 2.75) is 49.4 Å². The molecule has 4 saturated carbocycles. The van der Waals surface area contributed by atoms with Crippen LogP contribution in [0.5, 0.6) is 0 Å². The van der Waals surface area contributed by atoms with E-state index < -0.39 is 0 Å². The highest BCUT2D eigenvalue weighted by atomic mass is 15.0. The van der Waals surface area contributed by atoms with Gasteiger partial charge in [-0.2, -0.15) is 0 Å². The van der Waals surface area contributed by atoms with E-state index in [4.69, 9.17) is 0 Å². The number of hydrogen-bond donors (Lipinski definition) is 0. The van der Waals surface area contributed by atoms with Gasteiger partial charge in [0.25, 0.3) is 0 Å². The summed E-state index contributed by atoms with van der Waals surface area (Å²) in [5.41, 5.74) is 8.85. The highest BCUT2D eigenvalue weighted by Gasteiger charge is 2.58. The van der Waals surface area contributed by atoms with Crippen LogP contribution in [0.15, 0.2) is 104 Å². The van der Waals surface area contributed by atoms with Crippen molar-refractivity contribution in [1.82, 2.24) is 4.57 Å². The van der Waals surface area contributed by atoms with Crippen molar-refractivity contribution in [1.29, 1.82) is 0 Å². The molecule has 0 aliphatic heterocycles. The van der Waals surface area contributed by atoms with E-state index in [1.807, 2.05) is 6.08 Å². The van der Waals surface area contributed by atoms with Crippen molar-refractivity contribution in [2.75, 3.05) is 0 Å². The number of rotatable bonds is 4. The van der Waals surface area contributed by atoms with Crippen LogP contribution in [0.2, 0.25) is 0 Å². The smallest absolute Gasteiger partial charge is 0.0541 e. The lowest BCUT2D eigenvalue weighted by Crippen LogP contribution is -2.55. The van der Waals surface area contributed by atoms with Crippen molar-refractivity contribution >= 4 is 27.9 Å². The summed E-state index contributed by atoms with van der Waals surface area (Å²) in [5.74, 6) is 1.70. The molecule has 4 aliphatic rings. The van der Waals surface area contributed by atoms with E-state index in [-0.39, 0.29) is 0 Å². The first-order valence-electron chi connectivity index (χ1n) is 14.0. The molecule has 1 heterocycles. The summed E-state index contributed by atoms with van der Waals surface area (Å²) in [5, 5.41) is 2.76. The lowest BCUT2D eigenvalue weighted by molar-refractivity contribution is -0.0280. The van der Waals surface area contributed by atoms with Gasteiger partial charge in [-0.05, 0) is 108 Å². The van der Waals surface area contributed by atoms with E-state index in [0.717, 1.165) is 11.8 Å². The van der Waals surface area contributed by atoms with E-state index in [1.54, 1.807) is 11.1 Å². The van der Waals surface area contributed by atoms with Gasteiger partial charge >= 0.3 is 0 Å². The summed E-state index contributed by atoms with van der Waals surface area (Å²) in [6, 6.07) is 36.6. The van der Waals surface area contributed by atoms with Gasteiger partial charge in [0.15, 0.2) is 0 Å². The minimum atomic E-state index is 0.297. The molecule has 4 fully saturated rings. The number of para-hydroxylation sites is 2. The van der Waals surface area contributed by atoms with Crippen molar-refractivity contribution in [3.05, 3.63) is 120 Å². The Kier molecular flexibility index (Phi) is 4.48. The first kappa shape index (κ1) is 21.5. The van der Waals surface area contributed by atoms with Crippen molar-refractivity contribution in [3.8, 4) is 5.69 Å². The molecule has 4 aromatic carbocycles. The number of fused-ring (bicyclic) bond motifs is 3. The number of nitrogens with zero attached hydrogens (tertiary/aromatic N) is 1. The molecule has 37 heavy (non-hydrogen) atoms. The Bertz CT molecular complexity index is 1640. The highest BCUT2D eigenvalue weighted by molar-refractivity contribution is 6.09. The van der Waals surface area contributed by atoms with Gasteiger partial charge in [-0.1, -0.05) is 79.4 Å². The SMILES string of the molecule is C=Cc1ccc(C23CC4CC(C2)CC(c2ccc5c(c2)c2ccccc2n5-c2ccccc2)(C4)C3)cc1. The van der Waals surface area contributed by atoms with Gasteiger partial charge in [0, 0.05) is 16.5 Å². The molecule has 0 radical (unpaired) electrons. The summed E-state index contributed by atoms with van der Waals surface area (Å²) in [7, 11) is 0. The summed E-state index contributed by atoms with van der Waals surface area (Å²) < 4.78 is 2.44. The van der Waals surface area contributed by atoms with Crippen LogP contribution in [0.4, 0.5) is 0 Å². The van der Waals surface area contributed by atoms with E-state index in [2.05, 4.69) is 108 Å². The fraction of sp³-hybridized carbons (Fsp3) is 0.278. The zero-order valence-corrected chi connectivity index (χ0v) is 21.4. The van der Waals surface area contributed by atoms with Crippen LogP contribution < -0.4 is 0 Å². The first-order chi connectivity index (χ1) is 18.2. The van der Waals surface area contributed by atoms with Gasteiger partial charge in [0.1, 0.15) is 0 Å². The minimum Gasteiger partial charge on any atom is -0.309 e. The molecule has 1 nitrogen and oxygen atoms in total. The maximum atomic E-state index is 3.97. The molecule has 5 aromatic rings. The summed E-state index contributed by atoms with van der Waals surface area (Å²) in [4.78, 5) is 0. The van der Waals surface area contributed by atoms with Crippen LogP contribution in [-0.2, 0) is 10.8 Å². The van der Waals surface area contributed by atoms with Gasteiger partial charge in [0.2, 0.25) is 0 Å². The lowest BCUT2D eigenvalue weighted by Gasteiger charge is -2.63. The van der Waals surface area contributed by atoms with Crippen LogP contribution in [0.1, 0.15) is 55.2 Å². The zero-order valence-electron chi connectivity index (χ0n) is 21.4. The average Bonchev–Trinajstić information content (AvgIpc) is 3.27. The van der Waals surface area contributed by atoms with Crippen molar-refractivity contribution < 1.29 is 0 Å². The largest absolute Gasteiger partial charge is 0.309 e. The molecule has 2 atom stereocenters. The third-order valence-corrected chi connectivity index (χ3v) is 10.1. The van der Waals surface area contributed by atoms with E-state index >= 15 is 0 Å². The maximum absolute atomic E-state index is 3.97. The summed E-state index contributed by atoms with van der Waals surface area (Å²) in [6.45, 7) is 3.97. The third kappa shape index (κ3) is 3.10. The summed E-state index contributed by atoms with van der Waals surface area (Å²) in [6.07, 6.45) is 10.2. The molecule has 0 amide bonds. The Balaban J connectivity index is 1.29. The zero-order chi connectivity index (χ0) is 24.6. The minimum absolute atomic E-state index is 0.297. The van der Waals surface area contributed by atoms with E-state index in [1.165, 1.54) is 71.6 Å². The van der Waals surface area contributed by atoms with Crippen LogP contribution in [0.3, 0.4) is 0 Å². The van der Waals surface area contributed by atoms with Crippen LogP contribution in [-0.4, -0.2) is 4.57 Å². The van der Waals surface area contributed by atoms with Gasteiger partial charge in [0.05, 0.1) is 11.0 Å². The number of aromatic nitrogens is 1. The molecule has 0 spiro atoms. The normalized spacial score (nSPS) is 28.2. The molecule has 4 aliphatic carbocycles. The fourth-order valence-electron chi connectivity index (χ4n) is 9.07. The molecular weight excluding hydrogens is 446 g/mol. The van der Waals surface area contributed by atoms with Crippen molar-refractivity contribution in [2.24, 2.45) is 11.8 Å². The van der Waals surface area contributed by atoms with Gasteiger partial charge in [-0.3, -0.25) is 0 Å². The monoisotopic (exact) mass is 479 g/mol. The van der Waals surface area contributed by atoms with Gasteiger partial charge in [-0.15, -0.1) is 0 Å². The molecule has 1 aromatic heterocycles. The quantitative estimate of drug-likeness (QED) is 0.242. The number of benzene rings is 4. The topological polar surface area (TPSA) is 4.93 Å². The van der Waals surface area contributed by atoms with Crippen LogP contribution >= 0.6 is 0 Å². The Hall–Kier alpha value is -3.58. The summed E-state index contributed by atoms with van der Waals surface area (Å²) >= 11 is 0. The molecule has 0 saturated heterocycles. The molecule has 1 heteroatoms. The molecule has 4 bridgehead atoms.